The average molecular weight is 388 g/mol. The number of hydrogen-bond donors (Lipinski definition) is 2. The van der Waals surface area contributed by atoms with Gasteiger partial charge in [0.1, 0.15) is 12.3 Å². The maximum Gasteiger partial charge on any atom is 0.410 e. The summed E-state index contributed by atoms with van der Waals surface area (Å²) in [7, 11) is 0. The van der Waals surface area contributed by atoms with Crippen molar-refractivity contribution < 1.29 is 9.53 Å². The summed E-state index contributed by atoms with van der Waals surface area (Å²) < 4.78 is 5.48. The summed E-state index contributed by atoms with van der Waals surface area (Å²) in [6.07, 6.45) is 0.638. The molecular weight excluding hydrogens is 362 g/mol. The zero-order valence-electron chi connectivity index (χ0n) is 15.9. The molecule has 0 radical (unpaired) electrons. The monoisotopic (exact) mass is 387 g/mol. The minimum Gasteiger partial charge on any atom is -0.444 e. The fourth-order valence-corrected chi connectivity index (χ4v) is 4.28. The summed E-state index contributed by atoms with van der Waals surface area (Å²) in [6, 6.07) is 9.78. The summed E-state index contributed by atoms with van der Waals surface area (Å²) in [5.41, 5.74) is 1.01. The first-order chi connectivity index (χ1) is 12.8. The quantitative estimate of drug-likeness (QED) is 0.829. The van der Waals surface area contributed by atoms with Crippen LogP contribution in [0.15, 0.2) is 29.3 Å². The number of amidine groups is 1. The molecule has 8 heteroatoms. The molecule has 1 aromatic rings. The molecule has 0 saturated carbocycles. The first-order valence-electron chi connectivity index (χ1n) is 9.04. The molecule has 0 aromatic heterocycles. The molecule has 0 aliphatic carbocycles. The lowest BCUT2D eigenvalue weighted by atomic mass is 10.1. The maximum atomic E-state index is 12.3. The SMILES string of the molecule is CC(C)(C)OC(=O)N1CCC2NC(=NCNc3cccc(C#N)c3)S[C@H]2C1. The van der Waals surface area contributed by atoms with Crippen molar-refractivity contribution in [2.24, 2.45) is 4.99 Å². The zero-order valence-corrected chi connectivity index (χ0v) is 16.7. The largest absolute Gasteiger partial charge is 0.444 e. The topological polar surface area (TPSA) is 89.8 Å². The van der Waals surface area contributed by atoms with Gasteiger partial charge in [-0.05, 0) is 45.4 Å². The van der Waals surface area contributed by atoms with Crippen molar-refractivity contribution in [1.29, 1.82) is 5.26 Å². The minimum absolute atomic E-state index is 0.244. The number of likely N-dealkylation sites (tertiary alicyclic amines) is 1. The van der Waals surface area contributed by atoms with Gasteiger partial charge < -0.3 is 20.3 Å². The van der Waals surface area contributed by atoms with Crippen LogP contribution in [0.2, 0.25) is 0 Å². The van der Waals surface area contributed by atoms with Gasteiger partial charge in [0, 0.05) is 24.8 Å². The molecule has 2 N–H and O–H groups in total. The van der Waals surface area contributed by atoms with Crippen molar-refractivity contribution in [1.82, 2.24) is 10.2 Å². The standard InChI is InChI=1S/C19H25N5O2S/c1-19(2,3)26-18(25)24-8-7-15-16(11-24)27-17(23-15)22-12-21-14-6-4-5-13(9-14)10-20/h4-6,9,15-16,21H,7-8,11-12H2,1-3H3,(H,22,23)/t15?,16-/m0/s1. The Bertz CT molecular complexity index is 768. The Labute approximate surface area is 164 Å². The number of carbonyl (C=O) groups excluding carboxylic acids is 1. The molecule has 2 fully saturated rings. The summed E-state index contributed by atoms with van der Waals surface area (Å²) in [4.78, 5) is 18.6. The lowest BCUT2D eigenvalue weighted by molar-refractivity contribution is 0.0210. The van der Waals surface area contributed by atoms with E-state index in [9.17, 15) is 4.79 Å². The van der Waals surface area contributed by atoms with E-state index in [2.05, 4.69) is 21.7 Å². The number of ether oxygens (including phenoxy) is 1. The van der Waals surface area contributed by atoms with E-state index in [-0.39, 0.29) is 11.3 Å². The third-order valence-corrected chi connectivity index (χ3v) is 5.53. The molecule has 2 aliphatic rings. The number of hydrogen-bond acceptors (Lipinski definition) is 6. The minimum atomic E-state index is -0.476. The average Bonchev–Trinajstić information content (AvgIpc) is 3.02. The van der Waals surface area contributed by atoms with E-state index >= 15 is 0 Å². The predicted octanol–water partition coefficient (Wildman–Crippen LogP) is 3.00. The van der Waals surface area contributed by atoms with Crippen LogP contribution in [-0.2, 0) is 4.74 Å². The number of piperidine rings is 1. The van der Waals surface area contributed by atoms with Crippen LogP contribution in [0.3, 0.4) is 0 Å². The van der Waals surface area contributed by atoms with Crippen LogP contribution < -0.4 is 10.6 Å². The van der Waals surface area contributed by atoms with Gasteiger partial charge in [0.2, 0.25) is 0 Å². The maximum absolute atomic E-state index is 12.3. The number of anilines is 1. The van der Waals surface area contributed by atoms with Gasteiger partial charge in [0.25, 0.3) is 0 Å². The van der Waals surface area contributed by atoms with E-state index in [1.54, 1.807) is 28.8 Å². The summed E-state index contributed by atoms with van der Waals surface area (Å²) in [5, 5.41) is 16.8. The number of thioether (sulfide) groups is 1. The van der Waals surface area contributed by atoms with Gasteiger partial charge in [-0.2, -0.15) is 5.26 Å². The molecule has 1 unspecified atom stereocenters. The molecule has 144 valence electrons. The first kappa shape index (κ1) is 19.4. The fraction of sp³-hybridized carbons (Fsp3) is 0.526. The van der Waals surface area contributed by atoms with Crippen molar-refractivity contribution >= 4 is 28.7 Å². The second-order valence-corrected chi connectivity index (χ2v) is 8.84. The van der Waals surface area contributed by atoms with Crippen LogP contribution in [0.1, 0.15) is 32.8 Å². The Morgan fingerprint density at radius 1 is 1.52 bits per heavy atom. The van der Waals surface area contributed by atoms with Crippen molar-refractivity contribution in [2.75, 3.05) is 25.1 Å². The number of carbonyl (C=O) groups is 1. The number of amides is 1. The normalized spacial score (nSPS) is 23.3. The second-order valence-electron chi connectivity index (χ2n) is 7.61. The lowest BCUT2D eigenvalue weighted by Crippen LogP contribution is -2.50. The van der Waals surface area contributed by atoms with Crippen LogP contribution in [-0.4, -0.2) is 52.8 Å². The first-order valence-corrected chi connectivity index (χ1v) is 9.91. The van der Waals surface area contributed by atoms with Crippen LogP contribution in [0.4, 0.5) is 10.5 Å². The van der Waals surface area contributed by atoms with Gasteiger partial charge in [-0.1, -0.05) is 17.8 Å². The van der Waals surface area contributed by atoms with E-state index in [1.807, 2.05) is 32.9 Å². The zero-order chi connectivity index (χ0) is 19.4. The Balaban J connectivity index is 1.51. The van der Waals surface area contributed by atoms with E-state index in [0.29, 0.717) is 31.4 Å². The molecule has 2 saturated heterocycles. The summed E-state index contributed by atoms with van der Waals surface area (Å²) in [6.45, 7) is 7.43. The van der Waals surface area contributed by atoms with Gasteiger partial charge in [-0.15, -0.1) is 0 Å². The van der Waals surface area contributed by atoms with Crippen LogP contribution in [0, 0.1) is 11.3 Å². The number of nitriles is 1. The Morgan fingerprint density at radius 2 is 2.33 bits per heavy atom. The number of nitrogens with one attached hydrogen (secondary N) is 2. The van der Waals surface area contributed by atoms with Gasteiger partial charge in [-0.3, -0.25) is 0 Å². The van der Waals surface area contributed by atoms with E-state index in [1.165, 1.54) is 0 Å². The van der Waals surface area contributed by atoms with Crippen molar-refractivity contribution in [3.63, 3.8) is 0 Å². The van der Waals surface area contributed by atoms with Crippen LogP contribution in [0.25, 0.3) is 0 Å². The third kappa shape index (κ3) is 5.30. The number of benzene rings is 1. The van der Waals surface area contributed by atoms with E-state index < -0.39 is 5.60 Å². The van der Waals surface area contributed by atoms with Gasteiger partial charge in [0.15, 0.2) is 5.17 Å². The number of fused-ring (bicyclic) bond motifs is 1. The predicted molar refractivity (Wildman–Crippen MR) is 108 cm³/mol. The lowest BCUT2D eigenvalue weighted by Gasteiger charge is -2.34. The smallest absolute Gasteiger partial charge is 0.410 e. The van der Waals surface area contributed by atoms with Crippen molar-refractivity contribution in [3.8, 4) is 6.07 Å². The highest BCUT2D eigenvalue weighted by atomic mass is 32.2. The fourth-order valence-electron chi connectivity index (χ4n) is 3.01. The van der Waals surface area contributed by atoms with Crippen LogP contribution in [0.5, 0.6) is 0 Å². The van der Waals surface area contributed by atoms with Gasteiger partial charge in [0.05, 0.1) is 16.9 Å². The molecule has 2 aliphatic heterocycles. The Hall–Kier alpha value is -2.40. The highest BCUT2D eigenvalue weighted by Gasteiger charge is 2.39. The molecule has 27 heavy (non-hydrogen) atoms. The van der Waals surface area contributed by atoms with Crippen LogP contribution >= 0.6 is 11.8 Å². The van der Waals surface area contributed by atoms with Crippen molar-refractivity contribution in [2.45, 2.75) is 44.1 Å². The number of rotatable bonds is 3. The molecule has 1 aromatic carbocycles. The van der Waals surface area contributed by atoms with E-state index in [0.717, 1.165) is 17.3 Å². The van der Waals surface area contributed by atoms with E-state index in [4.69, 9.17) is 10.00 Å². The Morgan fingerprint density at radius 3 is 3.07 bits per heavy atom. The molecule has 0 bridgehead atoms. The highest BCUT2D eigenvalue weighted by Crippen LogP contribution is 2.30. The van der Waals surface area contributed by atoms with Crippen molar-refractivity contribution in [3.05, 3.63) is 29.8 Å². The number of aliphatic imine (C=N–C) groups is 1. The van der Waals surface area contributed by atoms with Gasteiger partial charge in [-0.25, -0.2) is 9.79 Å². The third-order valence-electron chi connectivity index (χ3n) is 4.28. The molecule has 7 nitrogen and oxygen atoms in total. The number of nitrogens with zero attached hydrogens (tertiary/aromatic N) is 3. The highest BCUT2D eigenvalue weighted by molar-refractivity contribution is 8.14. The summed E-state index contributed by atoms with van der Waals surface area (Å²) in [5.74, 6) is 0. The molecule has 2 heterocycles. The second kappa shape index (κ2) is 8.09. The molecule has 2 atom stereocenters. The summed E-state index contributed by atoms with van der Waals surface area (Å²) >= 11 is 1.67. The molecule has 0 spiro atoms. The molecule has 3 rings (SSSR count). The molecular formula is C19H25N5O2S. The molecule has 1 amide bonds. The van der Waals surface area contributed by atoms with Gasteiger partial charge >= 0.3 is 6.09 Å². The Kier molecular flexibility index (Phi) is 5.80.